The third-order valence-electron chi connectivity index (χ3n) is 4.17. The summed E-state index contributed by atoms with van der Waals surface area (Å²) in [6, 6.07) is 10.0. The number of methoxy groups -OCH3 is 2. The van der Waals surface area contributed by atoms with Crippen molar-refractivity contribution in [1.82, 2.24) is 10.6 Å². The molecule has 1 heterocycles. The first-order valence-corrected chi connectivity index (χ1v) is 7.33. The molecule has 5 heteroatoms. The Bertz CT molecular complexity index is 440. The van der Waals surface area contributed by atoms with Gasteiger partial charge in [0, 0.05) is 14.2 Å². The van der Waals surface area contributed by atoms with E-state index in [9.17, 15) is 4.79 Å². The molecule has 1 amide bonds. The van der Waals surface area contributed by atoms with Gasteiger partial charge in [0.1, 0.15) is 0 Å². The van der Waals surface area contributed by atoms with Crippen molar-refractivity contribution in [3.05, 3.63) is 35.9 Å². The molecule has 1 aromatic rings. The van der Waals surface area contributed by atoms with Gasteiger partial charge in [-0.1, -0.05) is 30.3 Å². The fourth-order valence-electron chi connectivity index (χ4n) is 2.87. The van der Waals surface area contributed by atoms with Crippen LogP contribution in [0.25, 0.3) is 0 Å². The van der Waals surface area contributed by atoms with Crippen LogP contribution in [0.4, 0.5) is 0 Å². The molecule has 1 aliphatic heterocycles. The average Bonchev–Trinajstić information content (AvgIpc) is 2.57. The van der Waals surface area contributed by atoms with Crippen LogP contribution in [0.2, 0.25) is 0 Å². The number of rotatable bonds is 6. The van der Waals surface area contributed by atoms with Gasteiger partial charge in [0.15, 0.2) is 6.29 Å². The molecule has 0 spiro atoms. The largest absolute Gasteiger partial charge is 0.354 e. The van der Waals surface area contributed by atoms with E-state index in [0.717, 1.165) is 31.5 Å². The number of ether oxygens (including phenoxy) is 2. The lowest BCUT2D eigenvalue weighted by Crippen LogP contribution is -2.52. The number of hydrogen-bond donors (Lipinski definition) is 2. The normalized spacial score (nSPS) is 17.7. The molecule has 0 aliphatic carbocycles. The molecule has 0 radical (unpaired) electrons. The van der Waals surface area contributed by atoms with Crippen LogP contribution in [0.5, 0.6) is 0 Å². The minimum atomic E-state index is -0.460. The Morgan fingerprint density at radius 1 is 1.24 bits per heavy atom. The van der Waals surface area contributed by atoms with Gasteiger partial charge in [-0.05, 0) is 31.5 Å². The summed E-state index contributed by atoms with van der Waals surface area (Å²) in [6.07, 6.45) is 1.18. The summed E-state index contributed by atoms with van der Waals surface area (Å²) in [5, 5.41) is 6.30. The van der Waals surface area contributed by atoms with Gasteiger partial charge in [0.2, 0.25) is 5.91 Å². The summed E-state index contributed by atoms with van der Waals surface area (Å²) >= 11 is 0. The van der Waals surface area contributed by atoms with Crippen LogP contribution >= 0.6 is 0 Å². The van der Waals surface area contributed by atoms with Gasteiger partial charge in [0.25, 0.3) is 0 Å². The number of nitrogens with one attached hydrogen (secondary N) is 2. The molecule has 0 unspecified atom stereocenters. The number of amides is 1. The van der Waals surface area contributed by atoms with Crippen LogP contribution in [0.3, 0.4) is 0 Å². The first-order valence-electron chi connectivity index (χ1n) is 7.33. The van der Waals surface area contributed by atoms with Crippen molar-refractivity contribution in [2.24, 2.45) is 0 Å². The third-order valence-corrected chi connectivity index (χ3v) is 4.17. The van der Waals surface area contributed by atoms with Crippen LogP contribution < -0.4 is 10.6 Å². The Morgan fingerprint density at radius 2 is 1.86 bits per heavy atom. The van der Waals surface area contributed by atoms with Gasteiger partial charge in [-0.25, -0.2) is 0 Å². The summed E-state index contributed by atoms with van der Waals surface area (Å²) in [5.41, 5.74) is 0.619. The maximum Gasteiger partial charge on any atom is 0.230 e. The Labute approximate surface area is 126 Å². The standard InChI is InChI=1S/C16H24N2O3/c1-20-14(21-2)12-18-15(19)16(8-10-17-11-9-16)13-6-4-3-5-7-13/h3-7,14,17H,8-12H2,1-2H3,(H,18,19). The van der Waals surface area contributed by atoms with Crippen molar-refractivity contribution in [2.75, 3.05) is 33.9 Å². The molecule has 0 aromatic heterocycles. The van der Waals surface area contributed by atoms with E-state index in [4.69, 9.17) is 9.47 Å². The van der Waals surface area contributed by atoms with Crippen molar-refractivity contribution in [3.8, 4) is 0 Å². The zero-order valence-corrected chi connectivity index (χ0v) is 12.7. The predicted octanol–water partition coefficient (Wildman–Crippen LogP) is 1.04. The van der Waals surface area contributed by atoms with Crippen LogP contribution in [-0.2, 0) is 19.7 Å². The molecule has 1 aromatic carbocycles. The molecule has 1 aliphatic rings. The third kappa shape index (κ3) is 3.61. The highest BCUT2D eigenvalue weighted by molar-refractivity contribution is 5.88. The van der Waals surface area contributed by atoms with Gasteiger partial charge < -0.3 is 20.1 Å². The molecular formula is C16H24N2O3. The van der Waals surface area contributed by atoms with Crippen LogP contribution in [0.1, 0.15) is 18.4 Å². The molecule has 1 fully saturated rings. The minimum absolute atomic E-state index is 0.0503. The molecule has 5 nitrogen and oxygen atoms in total. The Hall–Kier alpha value is -1.43. The number of carbonyl (C=O) groups excluding carboxylic acids is 1. The first-order chi connectivity index (χ1) is 10.2. The number of piperidine rings is 1. The molecule has 0 saturated carbocycles. The Balaban J connectivity index is 2.14. The second-order valence-electron chi connectivity index (χ2n) is 5.31. The van der Waals surface area contributed by atoms with Crippen molar-refractivity contribution < 1.29 is 14.3 Å². The fourth-order valence-corrected chi connectivity index (χ4v) is 2.87. The van der Waals surface area contributed by atoms with Crippen LogP contribution in [0.15, 0.2) is 30.3 Å². The maximum atomic E-state index is 12.8. The predicted molar refractivity (Wildman–Crippen MR) is 81.0 cm³/mol. The zero-order chi connectivity index (χ0) is 15.1. The number of benzene rings is 1. The summed E-state index contributed by atoms with van der Waals surface area (Å²) in [4.78, 5) is 12.8. The fraction of sp³-hybridized carbons (Fsp3) is 0.562. The lowest BCUT2D eigenvalue weighted by atomic mass is 9.72. The lowest BCUT2D eigenvalue weighted by molar-refractivity contribution is -0.133. The van der Waals surface area contributed by atoms with E-state index in [2.05, 4.69) is 10.6 Å². The first kappa shape index (κ1) is 15.9. The topological polar surface area (TPSA) is 59.6 Å². The van der Waals surface area contributed by atoms with Gasteiger partial charge in [-0.15, -0.1) is 0 Å². The van der Waals surface area contributed by atoms with Crippen molar-refractivity contribution in [3.63, 3.8) is 0 Å². The van der Waals surface area contributed by atoms with E-state index in [1.54, 1.807) is 14.2 Å². The van der Waals surface area contributed by atoms with Gasteiger partial charge in [-0.2, -0.15) is 0 Å². The summed E-state index contributed by atoms with van der Waals surface area (Å²) in [5.74, 6) is 0.0503. The number of carbonyl (C=O) groups is 1. The Morgan fingerprint density at radius 3 is 2.43 bits per heavy atom. The second-order valence-corrected chi connectivity index (χ2v) is 5.31. The van der Waals surface area contributed by atoms with E-state index in [0.29, 0.717) is 6.54 Å². The summed E-state index contributed by atoms with van der Waals surface area (Å²) < 4.78 is 10.3. The van der Waals surface area contributed by atoms with Crippen molar-refractivity contribution in [2.45, 2.75) is 24.5 Å². The zero-order valence-electron chi connectivity index (χ0n) is 12.7. The Kier molecular flexibility index (Phi) is 5.73. The molecule has 0 bridgehead atoms. The highest BCUT2D eigenvalue weighted by atomic mass is 16.7. The number of hydrogen-bond acceptors (Lipinski definition) is 4. The quantitative estimate of drug-likeness (QED) is 0.769. The van der Waals surface area contributed by atoms with E-state index in [-0.39, 0.29) is 5.91 Å². The van der Waals surface area contributed by atoms with Gasteiger partial charge in [0.05, 0.1) is 12.0 Å². The molecule has 2 rings (SSSR count). The van der Waals surface area contributed by atoms with Crippen molar-refractivity contribution in [1.29, 1.82) is 0 Å². The van der Waals surface area contributed by atoms with Crippen LogP contribution in [-0.4, -0.2) is 46.1 Å². The average molecular weight is 292 g/mol. The van der Waals surface area contributed by atoms with E-state index >= 15 is 0 Å². The maximum absolute atomic E-state index is 12.8. The van der Waals surface area contributed by atoms with E-state index < -0.39 is 11.7 Å². The van der Waals surface area contributed by atoms with E-state index in [1.807, 2.05) is 30.3 Å². The molecule has 0 atom stereocenters. The molecule has 1 saturated heterocycles. The molecule has 21 heavy (non-hydrogen) atoms. The highest BCUT2D eigenvalue weighted by Gasteiger charge is 2.41. The SMILES string of the molecule is COC(CNC(=O)C1(c2ccccc2)CCNCC1)OC. The minimum Gasteiger partial charge on any atom is -0.354 e. The monoisotopic (exact) mass is 292 g/mol. The molecule has 116 valence electrons. The van der Waals surface area contributed by atoms with Gasteiger partial charge >= 0.3 is 0 Å². The van der Waals surface area contributed by atoms with Crippen molar-refractivity contribution >= 4 is 5.91 Å². The molecule has 2 N–H and O–H groups in total. The van der Waals surface area contributed by atoms with E-state index in [1.165, 1.54) is 0 Å². The van der Waals surface area contributed by atoms with Gasteiger partial charge in [-0.3, -0.25) is 4.79 Å². The lowest BCUT2D eigenvalue weighted by Gasteiger charge is -2.37. The summed E-state index contributed by atoms with van der Waals surface area (Å²) in [6.45, 7) is 2.05. The summed E-state index contributed by atoms with van der Waals surface area (Å²) in [7, 11) is 3.13. The second kappa shape index (κ2) is 7.54. The smallest absolute Gasteiger partial charge is 0.230 e. The highest BCUT2D eigenvalue weighted by Crippen LogP contribution is 2.33. The molecular weight excluding hydrogens is 268 g/mol. The van der Waals surface area contributed by atoms with Crippen LogP contribution in [0, 0.1) is 0 Å².